The minimum atomic E-state index is 0. The van der Waals surface area contributed by atoms with Crippen molar-refractivity contribution >= 4 is 41.7 Å². The van der Waals surface area contributed by atoms with E-state index in [4.69, 9.17) is 0 Å². The smallest absolute Gasteiger partial charge is 0.195 e. The Hall–Kier alpha value is 0.350. The lowest BCUT2D eigenvalue weighted by molar-refractivity contribution is 0.479. The molecule has 0 aliphatic rings. The lowest BCUT2D eigenvalue weighted by atomic mass is 10.5. The van der Waals surface area contributed by atoms with Gasteiger partial charge in [-0.25, -0.2) is 0 Å². The average Bonchev–Trinajstić information content (AvgIpc) is 2.02. The van der Waals surface area contributed by atoms with Crippen LogP contribution in [0.1, 0.15) is 6.42 Å². The quantitative estimate of drug-likeness (QED) is 0.339. The summed E-state index contributed by atoms with van der Waals surface area (Å²) < 4.78 is 0. The number of rotatable bonds is 4. The van der Waals surface area contributed by atoms with Gasteiger partial charge < -0.3 is 9.80 Å². The lowest BCUT2D eigenvalue weighted by Crippen LogP contribution is -2.35. The highest BCUT2D eigenvalue weighted by Crippen LogP contribution is 1.96. The van der Waals surface area contributed by atoms with E-state index < -0.39 is 0 Å². The van der Waals surface area contributed by atoms with E-state index in [9.17, 15) is 0 Å². The Morgan fingerprint density at radius 2 is 1.64 bits per heavy atom. The monoisotopic (exact) mass is 331 g/mol. The summed E-state index contributed by atoms with van der Waals surface area (Å²) in [6.45, 7) is 0.923. The van der Waals surface area contributed by atoms with Crippen molar-refractivity contribution in [3.05, 3.63) is 0 Å². The molecule has 5 heteroatoms. The van der Waals surface area contributed by atoms with Gasteiger partial charge in [-0.05, 0) is 18.4 Å². The molecule has 0 aromatic heterocycles. The van der Waals surface area contributed by atoms with Gasteiger partial charge in [0, 0.05) is 34.7 Å². The number of halogens is 1. The summed E-state index contributed by atoms with van der Waals surface area (Å²) in [5, 5.41) is 0. The first-order chi connectivity index (χ1) is 6.09. The van der Waals surface area contributed by atoms with Crippen LogP contribution in [0.25, 0.3) is 0 Å². The highest BCUT2D eigenvalue weighted by atomic mass is 127. The summed E-state index contributed by atoms with van der Waals surface area (Å²) in [6, 6.07) is 0. The molecule has 0 saturated carbocycles. The molecule has 0 aliphatic carbocycles. The molecule has 0 rings (SSSR count). The summed E-state index contributed by atoms with van der Waals surface area (Å²) in [4.78, 5) is 8.60. The second-order valence-corrected chi connectivity index (χ2v) is 4.30. The van der Waals surface area contributed by atoms with E-state index in [1.807, 2.05) is 49.8 Å². The third-order valence-electron chi connectivity index (χ3n) is 1.56. The van der Waals surface area contributed by atoms with E-state index in [0.29, 0.717) is 0 Å². The average molecular weight is 331 g/mol. The highest BCUT2D eigenvalue weighted by molar-refractivity contribution is 14.0. The van der Waals surface area contributed by atoms with Gasteiger partial charge in [-0.15, -0.1) is 24.0 Å². The van der Waals surface area contributed by atoms with E-state index in [1.165, 1.54) is 5.75 Å². The summed E-state index contributed by atoms with van der Waals surface area (Å²) >= 11 is 1.87. The summed E-state index contributed by atoms with van der Waals surface area (Å²) in [7, 11) is 8.08. The van der Waals surface area contributed by atoms with Crippen LogP contribution in [0.2, 0.25) is 0 Å². The fourth-order valence-electron chi connectivity index (χ4n) is 1.07. The van der Waals surface area contributed by atoms with Crippen LogP contribution in [0.3, 0.4) is 0 Å². The molecule has 0 heterocycles. The zero-order valence-corrected chi connectivity index (χ0v) is 12.9. The molecule has 0 unspecified atom stereocenters. The van der Waals surface area contributed by atoms with Crippen molar-refractivity contribution in [1.82, 2.24) is 9.80 Å². The maximum atomic E-state index is 4.52. The van der Waals surface area contributed by atoms with E-state index in [2.05, 4.69) is 11.2 Å². The lowest BCUT2D eigenvalue weighted by Gasteiger charge is -2.22. The van der Waals surface area contributed by atoms with E-state index in [-0.39, 0.29) is 24.0 Å². The van der Waals surface area contributed by atoms with Crippen LogP contribution >= 0.6 is 35.7 Å². The molecular formula is C9H22IN3S. The molecule has 0 saturated heterocycles. The third-order valence-corrected chi connectivity index (χ3v) is 2.26. The first-order valence-corrected chi connectivity index (χ1v) is 5.87. The number of hydrogen-bond donors (Lipinski definition) is 0. The largest absolute Gasteiger partial charge is 0.349 e. The molecule has 86 valence electrons. The van der Waals surface area contributed by atoms with Crippen molar-refractivity contribution in [3.8, 4) is 0 Å². The highest BCUT2D eigenvalue weighted by Gasteiger charge is 2.02. The van der Waals surface area contributed by atoms with Gasteiger partial charge in [-0.2, -0.15) is 11.8 Å². The van der Waals surface area contributed by atoms with Gasteiger partial charge in [0.05, 0.1) is 0 Å². The van der Waals surface area contributed by atoms with Gasteiger partial charge in [0.2, 0.25) is 0 Å². The van der Waals surface area contributed by atoms with Crippen molar-refractivity contribution in [2.75, 3.05) is 46.7 Å². The van der Waals surface area contributed by atoms with Crippen LogP contribution in [-0.2, 0) is 0 Å². The van der Waals surface area contributed by atoms with Gasteiger partial charge in [0.1, 0.15) is 0 Å². The number of aliphatic imine (C=N–C) groups is 1. The topological polar surface area (TPSA) is 18.8 Å². The second-order valence-electron chi connectivity index (χ2n) is 3.32. The molecule has 0 aromatic rings. The van der Waals surface area contributed by atoms with Crippen LogP contribution < -0.4 is 0 Å². The Balaban J connectivity index is 0. The van der Waals surface area contributed by atoms with Crippen molar-refractivity contribution in [3.63, 3.8) is 0 Å². The van der Waals surface area contributed by atoms with Crippen LogP contribution in [-0.4, -0.2) is 62.5 Å². The molecule has 14 heavy (non-hydrogen) atoms. The molecule has 0 N–H and O–H groups in total. The zero-order chi connectivity index (χ0) is 10.3. The van der Waals surface area contributed by atoms with Crippen LogP contribution in [0.5, 0.6) is 0 Å². The summed E-state index contributed by atoms with van der Waals surface area (Å²) in [6.07, 6.45) is 3.29. The first-order valence-electron chi connectivity index (χ1n) is 4.47. The molecule has 3 nitrogen and oxygen atoms in total. The van der Waals surface area contributed by atoms with Crippen LogP contribution in [0.4, 0.5) is 0 Å². The number of guanidine groups is 1. The molecule has 0 fully saturated rings. The predicted octanol–water partition coefficient (Wildman–Crippen LogP) is 1.84. The molecule has 0 aromatic carbocycles. The molecule has 0 atom stereocenters. The Morgan fingerprint density at radius 3 is 2.00 bits per heavy atom. The van der Waals surface area contributed by atoms with E-state index >= 15 is 0 Å². The molecule has 0 radical (unpaired) electrons. The third kappa shape index (κ3) is 7.73. The van der Waals surface area contributed by atoms with Crippen LogP contribution in [0.15, 0.2) is 4.99 Å². The molecule has 0 amide bonds. The Labute approximate surface area is 109 Å². The van der Waals surface area contributed by atoms with Crippen molar-refractivity contribution in [2.24, 2.45) is 4.99 Å². The van der Waals surface area contributed by atoms with Gasteiger partial charge in [0.15, 0.2) is 5.96 Å². The van der Waals surface area contributed by atoms with Gasteiger partial charge in [0.25, 0.3) is 0 Å². The molecular weight excluding hydrogens is 309 g/mol. The first kappa shape index (κ1) is 16.8. The van der Waals surface area contributed by atoms with E-state index in [0.717, 1.165) is 18.9 Å². The number of hydrogen-bond acceptors (Lipinski definition) is 2. The summed E-state index contributed by atoms with van der Waals surface area (Å²) in [5.41, 5.74) is 0. The van der Waals surface area contributed by atoms with Crippen molar-refractivity contribution < 1.29 is 0 Å². The van der Waals surface area contributed by atoms with Crippen LogP contribution in [0, 0.1) is 0 Å². The Bertz CT molecular complexity index is 150. The molecule has 0 bridgehead atoms. The van der Waals surface area contributed by atoms with Gasteiger partial charge in [-0.1, -0.05) is 0 Å². The zero-order valence-electron chi connectivity index (χ0n) is 9.78. The fourth-order valence-corrected chi connectivity index (χ4v) is 1.49. The second kappa shape index (κ2) is 9.89. The molecule has 0 spiro atoms. The van der Waals surface area contributed by atoms with E-state index in [1.54, 1.807) is 0 Å². The standard InChI is InChI=1S/C9H21N3S.HI/c1-11(2)9(12(3)4)10-7-6-8-13-5;/h6-8H2,1-5H3;1H. The summed E-state index contributed by atoms with van der Waals surface area (Å²) in [5.74, 6) is 2.23. The SMILES string of the molecule is CSCCCN=C(N(C)C)N(C)C.I. The Morgan fingerprint density at radius 1 is 1.14 bits per heavy atom. The minimum absolute atomic E-state index is 0. The maximum absolute atomic E-state index is 4.52. The van der Waals surface area contributed by atoms with Crippen molar-refractivity contribution in [1.29, 1.82) is 0 Å². The Kier molecular flexibility index (Phi) is 11.8. The van der Waals surface area contributed by atoms with Gasteiger partial charge in [-0.3, -0.25) is 4.99 Å². The van der Waals surface area contributed by atoms with Crippen molar-refractivity contribution in [2.45, 2.75) is 6.42 Å². The van der Waals surface area contributed by atoms with Gasteiger partial charge >= 0.3 is 0 Å². The normalized spacial score (nSPS) is 8.93. The number of nitrogens with zero attached hydrogens (tertiary/aromatic N) is 3. The number of thioether (sulfide) groups is 1. The predicted molar refractivity (Wildman–Crippen MR) is 78.1 cm³/mol. The minimum Gasteiger partial charge on any atom is -0.349 e. The maximum Gasteiger partial charge on any atom is 0.195 e. The molecule has 0 aliphatic heterocycles. The fraction of sp³-hybridized carbons (Fsp3) is 0.889.